The molecule has 0 bridgehead atoms. The van der Waals surface area contributed by atoms with Crippen LogP contribution in [-0.2, 0) is 0 Å². The van der Waals surface area contributed by atoms with E-state index in [1.165, 1.54) is 12.1 Å². The minimum absolute atomic E-state index is 0.0923. The van der Waals surface area contributed by atoms with E-state index in [-0.39, 0.29) is 16.7 Å². The van der Waals surface area contributed by atoms with E-state index in [0.29, 0.717) is 0 Å². The van der Waals surface area contributed by atoms with Gasteiger partial charge in [0.1, 0.15) is 5.75 Å². The van der Waals surface area contributed by atoms with Gasteiger partial charge in [0, 0.05) is 5.56 Å². The molecule has 2 aromatic carbocycles. The van der Waals surface area contributed by atoms with Gasteiger partial charge in [0.05, 0.1) is 11.6 Å². The molecule has 0 radical (unpaired) electrons. The first-order valence-corrected chi connectivity index (χ1v) is 5.55. The molecule has 7 heteroatoms. The van der Waals surface area contributed by atoms with Crippen LogP contribution in [0.25, 0.3) is 11.1 Å². The number of rotatable bonds is 2. The van der Waals surface area contributed by atoms with Crippen molar-refractivity contribution in [2.45, 2.75) is 6.36 Å². The molecule has 2 aromatic rings. The van der Waals surface area contributed by atoms with Gasteiger partial charge in [0.15, 0.2) is 11.6 Å². The topological polar surface area (TPSA) is 33.0 Å². The van der Waals surface area contributed by atoms with E-state index >= 15 is 0 Å². The Bertz CT molecular complexity index is 718. The van der Waals surface area contributed by atoms with Crippen molar-refractivity contribution in [1.29, 1.82) is 5.26 Å². The van der Waals surface area contributed by atoms with Crippen molar-refractivity contribution in [1.82, 2.24) is 0 Å². The Labute approximate surface area is 116 Å². The van der Waals surface area contributed by atoms with Crippen molar-refractivity contribution in [2.24, 2.45) is 0 Å². The van der Waals surface area contributed by atoms with Gasteiger partial charge in [-0.15, -0.1) is 13.2 Å². The van der Waals surface area contributed by atoms with Crippen LogP contribution in [0, 0.1) is 23.0 Å². The van der Waals surface area contributed by atoms with Crippen LogP contribution in [0.3, 0.4) is 0 Å². The number of nitrogens with zero attached hydrogens (tertiary/aromatic N) is 1. The molecule has 108 valence electrons. The van der Waals surface area contributed by atoms with E-state index in [4.69, 9.17) is 5.26 Å². The highest BCUT2D eigenvalue weighted by Gasteiger charge is 2.31. The van der Waals surface area contributed by atoms with Crippen molar-refractivity contribution in [3.05, 3.63) is 53.6 Å². The molecule has 0 fully saturated rings. The molecular formula is C14H6F5NO. The van der Waals surface area contributed by atoms with E-state index in [2.05, 4.69) is 4.74 Å². The number of nitriles is 1. The Morgan fingerprint density at radius 1 is 1.05 bits per heavy atom. The third-order valence-electron chi connectivity index (χ3n) is 2.53. The molecule has 2 rings (SSSR count). The van der Waals surface area contributed by atoms with E-state index in [1.807, 2.05) is 0 Å². The van der Waals surface area contributed by atoms with Crippen LogP contribution in [-0.4, -0.2) is 6.36 Å². The average molecular weight is 299 g/mol. The van der Waals surface area contributed by atoms with Gasteiger partial charge in [-0.1, -0.05) is 12.1 Å². The fraction of sp³-hybridized carbons (Fsp3) is 0.0714. The summed E-state index contributed by atoms with van der Waals surface area (Å²) < 4.78 is 67.2. The molecule has 0 amide bonds. The molecule has 21 heavy (non-hydrogen) atoms. The highest BCUT2D eigenvalue weighted by molar-refractivity contribution is 5.68. The third kappa shape index (κ3) is 3.48. The lowest BCUT2D eigenvalue weighted by atomic mass is 10.0. The summed E-state index contributed by atoms with van der Waals surface area (Å²) in [6.07, 6.45) is -4.95. The minimum Gasteiger partial charge on any atom is -0.406 e. The van der Waals surface area contributed by atoms with Gasteiger partial charge in [0.2, 0.25) is 0 Å². The third-order valence-corrected chi connectivity index (χ3v) is 2.53. The average Bonchev–Trinajstić information content (AvgIpc) is 2.39. The molecule has 0 heterocycles. The van der Waals surface area contributed by atoms with Crippen LogP contribution in [0.15, 0.2) is 36.4 Å². The summed E-state index contributed by atoms with van der Waals surface area (Å²) >= 11 is 0. The van der Waals surface area contributed by atoms with E-state index in [9.17, 15) is 22.0 Å². The molecule has 0 saturated heterocycles. The summed E-state index contributed by atoms with van der Waals surface area (Å²) in [4.78, 5) is 0. The lowest BCUT2D eigenvalue weighted by molar-refractivity contribution is -0.274. The summed E-state index contributed by atoms with van der Waals surface area (Å²) in [5, 5.41) is 8.80. The maximum Gasteiger partial charge on any atom is 0.573 e. The zero-order valence-corrected chi connectivity index (χ0v) is 10.2. The van der Waals surface area contributed by atoms with Crippen LogP contribution in [0.2, 0.25) is 0 Å². The first-order valence-electron chi connectivity index (χ1n) is 5.55. The summed E-state index contributed by atoms with van der Waals surface area (Å²) in [7, 11) is 0. The van der Waals surface area contributed by atoms with E-state index in [1.54, 1.807) is 6.07 Å². The predicted molar refractivity (Wildman–Crippen MR) is 63.2 cm³/mol. The van der Waals surface area contributed by atoms with Crippen molar-refractivity contribution < 1.29 is 26.7 Å². The fourth-order valence-electron chi connectivity index (χ4n) is 1.74. The van der Waals surface area contributed by atoms with Crippen molar-refractivity contribution in [2.75, 3.05) is 0 Å². The molecule has 0 unspecified atom stereocenters. The Kier molecular flexibility index (Phi) is 3.80. The maximum atomic E-state index is 13.7. The molecular weight excluding hydrogens is 293 g/mol. The molecule has 0 N–H and O–H groups in total. The quantitative estimate of drug-likeness (QED) is 0.770. The lowest BCUT2D eigenvalue weighted by Gasteiger charge is -2.11. The zero-order valence-electron chi connectivity index (χ0n) is 10.2. The monoisotopic (exact) mass is 299 g/mol. The van der Waals surface area contributed by atoms with Crippen molar-refractivity contribution >= 4 is 0 Å². The van der Waals surface area contributed by atoms with Gasteiger partial charge >= 0.3 is 6.36 Å². The first kappa shape index (κ1) is 14.8. The minimum atomic E-state index is -4.95. The first-order chi connectivity index (χ1) is 9.80. The molecule has 0 saturated carbocycles. The van der Waals surface area contributed by atoms with Crippen LogP contribution < -0.4 is 4.74 Å². The SMILES string of the molecule is N#Cc1cc(OC(F)(F)F)cc(-c2cccc(F)c2F)c1. The van der Waals surface area contributed by atoms with Crippen molar-refractivity contribution in [3.8, 4) is 22.9 Å². The fourth-order valence-corrected chi connectivity index (χ4v) is 1.74. The summed E-state index contributed by atoms with van der Waals surface area (Å²) in [6.45, 7) is 0. The zero-order chi connectivity index (χ0) is 15.6. The van der Waals surface area contributed by atoms with E-state index in [0.717, 1.165) is 24.3 Å². The number of hydrogen-bond donors (Lipinski definition) is 0. The summed E-state index contributed by atoms with van der Waals surface area (Å²) in [5.74, 6) is -3.04. The predicted octanol–water partition coefficient (Wildman–Crippen LogP) is 4.40. The second-order valence-corrected chi connectivity index (χ2v) is 4.01. The molecule has 0 aliphatic heterocycles. The summed E-state index contributed by atoms with van der Waals surface area (Å²) in [6, 6.07) is 7.78. The number of halogens is 5. The lowest BCUT2D eigenvalue weighted by Crippen LogP contribution is -2.17. The number of hydrogen-bond acceptors (Lipinski definition) is 2. The van der Waals surface area contributed by atoms with Gasteiger partial charge < -0.3 is 4.74 Å². The number of alkyl halides is 3. The number of benzene rings is 2. The Morgan fingerprint density at radius 2 is 1.76 bits per heavy atom. The normalized spacial score (nSPS) is 11.0. The second-order valence-electron chi connectivity index (χ2n) is 4.01. The Morgan fingerprint density at radius 3 is 2.38 bits per heavy atom. The molecule has 0 spiro atoms. The molecule has 0 atom stereocenters. The molecule has 0 aliphatic rings. The summed E-state index contributed by atoms with van der Waals surface area (Å²) in [5.41, 5.74) is -0.528. The van der Waals surface area contributed by atoms with Gasteiger partial charge in [0.25, 0.3) is 0 Å². The Hall–Kier alpha value is -2.62. The highest BCUT2D eigenvalue weighted by atomic mass is 19.4. The highest BCUT2D eigenvalue weighted by Crippen LogP contribution is 2.31. The maximum absolute atomic E-state index is 13.7. The molecule has 2 nitrogen and oxygen atoms in total. The van der Waals surface area contributed by atoms with Gasteiger partial charge in [-0.2, -0.15) is 5.26 Å². The smallest absolute Gasteiger partial charge is 0.406 e. The van der Waals surface area contributed by atoms with E-state index < -0.39 is 23.7 Å². The molecule has 0 aromatic heterocycles. The van der Waals surface area contributed by atoms with Crippen molar-refractivity contribution in [3.63, 3.8) is 0 Å². The van der Waals surface area contributed by atoms with Crippen LogP contribution in [0.4, 0.5) is 22.0 Å². The number of ether oxygens (including phenoxy) is 1. The second kappa shape index (κ2) is 5.40. The largest absolute Gasteiger partial charge is 0.573 e. The molecule has 0 aliphatic carbocycles. The Balaban J connectivity index is 2.56. The van der Waals surface area contributed by atoms with Gasteiger partial charge in [-0.05, 0) is 29.8 Å². The van der Waals surface area contributed by atoms with Crippen LogP contribution in [0.1, 0.15) is 5.56 Å². The van der Waals surface area contributed by atoms with Crippen LogP contribution >= 0.6 is 0 Å². The van der Waals surface area contributed by atoms with Gasteiger partial charge in [-0.25, -0.2) is 8.78 Å². The standard InChI is InChI=1S/C14H6F5NO/c15-12-3-1-2-11(13(12)16)9-4-8(7-20)5-10(6-9)21-14(17,18)19/h1-6H. The van der Waals surface area contributed by atoms with Crippen LogP contribution in [0.5, 0.6) is 5.75 Å². The van der Waals surface area contributed by atoms with Gasteiger partial charge in [-0.3, -0.25) is 0 Å².